The summed E-state index contributed by atoms with van der Waals surface area (Å²) in [5, 5.41) is 4.47. The summed E-state index contributed by atoms with van der Waals surface area (Å²) in [5.74, 6) is 6.17. The van der Waals surface area contributed by atoms with Crippen LogP contribution in [0.3, 0.4) is 0 Å². The van der Waals surface area contributed by atoms with Gasteiger partial charge in [-0.2, -0.15) is 24.7 Å². The largest absolute Gasteiger partial charge is 0.424 e. The molecular formula is C11H9ClN8O. The molecule has 10 heteroatoms. The predicted molar refractivity (Wildman–Crippen MR) is 74.1 cm³/mol. The third-order valence-electron chi connectivity index (χ3n) is 2.36. The van der Waals surface area contributed by atoms with E-state index in [-0.39, 0.29) is 17.9 Å². The lowest BCUT2D eigenvalue weighted by atomic mass is 10.3. The second-order valence-corrected chi connectivity index (χ2v) is 4.22. The highest BCUT2D eigenvalue weighted by atomic mass is 35.5. The van der Waals surface area contributed by atoms with Crippen LogP contribution < -0.4 is 16.0 Å². The van der Waals surface area contributed by atoms with Crippen LogP contribution in [0, 0.1) is 0 Å². The molecule has 0 saturated carbocycles. The van der Waals surface area contributed by atoms with E-state index in [0.29, 0.717) is 10.8 Å². The van der Waals surface area contributed by atoms with Crippen molar-refractivity contribution < 1.29 is 4.74 Å². The highest BCUT2D eigenvalue weighted by molar-refractivity contribution is 6.30. The van der Waals surface area contributed by atoms with Crippen molar-refractivity contribution in [2.75, 3.05) is 5.43 Å². The fraction of sp³-hybridized carbons (Fsp3) is 0. The second-order valence-electron chi connectivity index (χ2n) is 3.79. The molecule has 0 unspecified atom stereocenters. The lowest BCUT2D eigenvalue weighted by Crippen LogP contribution is -2.14. The maximum absolute atomic E-state index is 5.89. The quantitative estimate of drug-likeness (QED) is 0.545. The summed E-state index contributed by atoms with van der Waals surface area (Å²) in [7, 11) is 0. The molecule has 3 rings (SSSR count). The minimum atomic E-state index is 0.0470. The number of anilines is 1. The molecular weight excluding hydrogens is 296 g/mol. The highest BCUT2D eigenvalue weighted by Gasteiger charge is 2.10. The number of hydrogen-bond donors (Lipinski definition) is 2. The Morgan fingerprint density at radius 1 is 1.24 bits per heavy atom. The van der Waals surface area contributed by atoms with Gasteiger partial charge in [0, 0.05) is 5.02 Å². The SMILES string of the molecule is NNc1nc(Oc2cccc(Cl)c2)nc(-n2cncn2)n1. The summed E-state index contributed by atoms with van der Waals surface area (Å²) >= 11 is 5.89. The molecule has 21 heavy (non-hydrogen) atoms. The molecule has 0 spiro atoms. The lowest BCUT2D eigenvalue weighted by Gasteiger charge is -2.07. The minimum absolute atomic E-state index is 0.0470. The molecule has 106 valence electrons. The number of nitrogens with one attached hydrogen (secondary N) is 1. The van der Waals surface area contributed by atoms with Crippen molar-refractivity contribution in [3.05, 3.63) is 41.9 Å². The zero-order valence-electron chi connectivity index (χ0n) is 10.5. The van der Waals surface area contributed by atoms with Gasteiger partial charge in [-0.05, 0) is 18.2 Å². The number of hydrazine groups is 1. The molecule has 2 heterocycles. The number of nitrogens with two attached hydrogens (primary N) is 1. The van der Waals surface area contributed by atoms with E-state index in [4.69, 9.17) is 22.2 Å². The standard InChI is InChI=1S/C11H9ClN8O/c12-7-2-1-3-8(4-7)21-11-17-9(19-13)16-10(18-11)20-6-14-5-15-20/h1-6H,13H2,(H,16,17,18,19). The van der Waals surface area contributed by atoms with Crippen LogP contribution in [0.5, 0.6) is 11.8 Å². The summed E-state index contributed by atoms with van der Waals surface area (Å²) in [4.78, 5) is 16.0. The number of nitrogen functional groups attached to an aromatic ring is 1. The Kier molecular flexibility index (Phi) is 3.58. The van der Waals surface area contributed by atoms with Gasteiger partial charge in [0.1, 0.15) is 18.4 Å². The van der Waals surface area contributed by atoms with Gasteiger partial charge in [-0.1, -0.05) is 17.7 Å². The molecule has 0 aliphatic heterocycles. The van der Waals surface area contributed by atoms with Gasteiger partial charge < -0.3 is 4.74 Å². The smallest absolute Gasteiger partial charge is 0.328 e. The predicted octanol–water partition coefficient (Wildman–Crippen LogP) is 1.18. The Labute approximate surface area is 123 Å². The van der Waals surface area contributed by atoms with E-state index in [0.717, 1.165) is 0 Å². The molecule has 0 atom stereocenters. The van der Waals surface area contributed by atoms with Gasteiger partial charge in [0.05, 0.1) is 0 Å². The average Bonchev–Trinajstić information content (AvgIpc) is 3.01. The van der Waals surface area contributed by atoms with Gasteiger partial charge in [0.15, 0.2) is 0 Å². The van der Waals surface area contributed by atoms with Gasteiger partial charge in [-0.15, -0.1) is 0 Å². The number of ether oxygens (including phenoxy) is 1. The molecule has 0 radical (unpaired) electrons. The Morgan fingerprint density at radius 3 is 2.86 bits per heavy atom. The van der Waals surface area contributed by atoms with Crippen molar-refractivity contribution in [2.24, 2.45) is 5.84 Å². The number of benzene rings is 1. The van der Waals surface area contributed by atoms with Crippen LogP contribution in [0.2, 0.25) is 5.02 Å². The first-order valence-corrected chi connectivity index (χ1v) is 6.13. The number of aromatic nitrogens is 6. The first kappa shape index (κ1) is 13.2. The monoisotopic (exact) mass is 304 g/mol. The summed E-state index contributed by atoms with van der Waals surface area (Å²) in [6, 6.07) is 6.89. The van der Waals surface area contributed by atoms with E-state index >= 15 is 0 Å². The number of hydrogen-bond acceptors (Lipinski definition) is 8. The third-order valence-corrected chi connectivity index (χ3v) is 2.60. The maximum Gasteiger partial charge on any atom is 0.328 e. The lowest BCUT2D eigenvalue weighted by molar-refractivity contribution is 0.438. The zero-order valence-corrected chi connectivity index (χ0v) is 11.3. The van der Waals surface area contributed by atoms with Crippen LogP contribution in [-0.2, 0) is 0 Å². The fourth-order valence-corrected chi connectivity index (χ4v) is 1.69. The van der Waals surface area contributed by atoms with Crippen molar-refractivity contribution in [2.45, 2.75) is 0 Å². The molecule has 0 bridgehead atoms. The van der Waals surface area contributed by atoms with Crippen LogP contribution in [0.25, 0.3) is 5.95 Å². The topological polar surface area (TPSA) is 117 Å². The minimum Gasteiger partial charge on any atom is -0.424 e. The summed E-state index contributed by atoms with van der Waals surface area (Å²) in [6.45, 7) is 0. The summed E-state index contributed by atoms with van der Waals surface area (Å²) in [6.07, 6.45) is 2.80. The highest BCUT2D eigenvalue weighted by Crippen LogP contribution is 2.22. The van der Waals surface area contributed by atoms with Crippen LogP contribution in [0.4, 0.5) is 5.95 Å². The molecule has 3 aromatic rings. The van der Waals surface area contributed by atoms with Gasteiger partial charge in [0.25, 0.3) is 5.95 Å². The van der Waals surface area contributed by atoms with E-state index in [2.05, 4.69) is 30.5 Å². The van der Waals surface area contributed by atoms with Crippen LogP contribution >= 0.6 is 11.6 Å². The normalized spacial score (nSPS) is 10.4. The van der Waals surface area contributed by atoms with Crippen LogP contribution in [0.1, 0.15) is 0 Å². The maximum atomic E-state index is 5.89. The number of rotatable bonds is 4. The summed E-state index contributed by atoms with van der Waals surface area (Å²) in [5.41, 5.74) is 2.34. The molecule has 9 nitrogen and oxygen atoms in total. The molecule has 0 amide bonds. The van der Waals surface area contributed by atoms with E-state index in [9.17, 15) is 0 Å². The van der Waals surface area contributed by atoms with E-state index < -0.39 is 0 Å². The van der Waals surface area contributed by atoms with Crippen LogP contribution in [0.15, 0.2) is 36.9 Å². The molecule has 0 aliphatic carbocycles. The molecule has 1 aromatic carbocycles. The van der Waals surface area contributed by atoms with Crippen molar-refractivity contribution in [1.82, 2.24) is 29.7 Å². The average molecular weight is 305 g/mol. The van der Waals surface area contributed by atoms with Crippen molar-refractivity contribution in [1.29, 1.82) is 0 Å². The molecule has 0 fully saturated rings. The summed E-state index contributed by atoms with van der Waals surface area (Å²) < 4.78 is 6.89. The van der Waals surface area contributed by atoms with Gasteiger partial charge in [-0.25, -0.2) is 10.8 Å². The number of nitrogens with zero attached hydrogens (tertiary/aromatic N) is 6. The number of halogens is 1. The van der Waals surface area contributed by atoms with E-state index in [1.54, 1.807) is 24.3 Å². The fourth-order valence-electron chi connectivity index (χ4n) is 1.51. The first-order valence-electron chi connectivity index (χ1n) is 5.76. The Balaban J connectivity index is 1.96. The Hall–Kier alpha value is -2.78. The molecule has 0 saturated heterocycles. The van der Waals surface area contributed by atoms with E-state index in [1.165, 1.54) is 17.3 Å². The zero-order chi connectivity index (χ0) is 14.7. The third kappa shape index (κ3) is 3.04. The molecule has 3 N–H and O–H groups in total. The van der Waals surface area contributed by atoms with Crippen molar-refractivity contribution in [3.63, 3.8) is 0 Å². The van der Waals surface area contributed by atoms with Crippen LogP contribution in [-0.4, -0.2) is 29.7 Å². The Morgan fingerprint density at radius 2 is 2.14 bits per heavy atom. The second kappa shape index (κ2) is 5.69. The first-order chi connectivity index (χ1) is 10.2. The van der Waals surface area contributed by atoms with Crippen molar-refractivity contribution >= 4 is 17.5 Å². The Bertz CT molecular complexity index is 748. The molecule has 2 aromatic heterocycles. The van der Waals surface area contributed by atoms with Crippen molar-refractivity contribution in [3.8, 4) is 17.7 Å². The molecule has 0 aliphatic rings. The van der Waals surface area contributed by atoms with Gasteiger partial charge in [-0.3, -0.25) is 5.43 Å². The van der Waals surface area contributed by atoms with Gasteiger partial charge >= 0.3 is 6.01 Å². The van der Waals surface area contributed by atoms with Gasteiger partial charge in [0.2, 0.25) is 5.95 Å². The van der Waals surface area contributed by atoms with E-state index in [1.807, 2.05) is 0 Å².